The van der Waals surface area contributed by atoms with Crippen LogP contribution in [0.25, 0.3) is 0 Å². The molecule has 1 rings (SSSR count). The van der Waals surface area contributed by atoms with Crippen molar-refractivity contribution in [2.75, 3.05) is 12.9 Å². The average molecular weight is 236 g/mol. The molecule has 0 unspecified atom stereocenters. The number of methoxy groups -OCH3 is 1. The smallest absolute Gasteiger partial charge is 0.152 e. The van der Waals surface area contributed by atoms with Crippen LogP contribution >= 0.6 is 11.8 Å². The summed E-state index contributed by atoms with van der Waals surface area (Å²) in [5, 5.41) is 0. The first-order valence-electron chi connectivity index (χ1n) is 5.16. The average Bonchev–Trinajstić information content (AvgIpc) is 2.29. The Kier molecular flexibility index (Phi) is 5.72. The van der Waals surface area contributed by atoms with Gasteiger partial charge in [-0.1, -0.05) is 6.08 Å². The van der Waals surface area contributed by atoms with Crippen LogP contribution in [0.15, 0.2) is 41.3 Å². The molecule has 0 radical (unpaired) electrons. The first-order chi connectivity index (χ1) is 7.72. The summed E-state index contributed by atoms with van der Waals surface area (Å²) in [6.45, 7) is 1.56. The van der Waals surface area contributed by atoms with Crippen molar-refractivity contribution in [3.05, 3.63) is 36.4 Å². The third kappa shape index (κ3) is 5.03. The predicted molar refractivity (Wildman–Crippen MR) is 68.2 cm³/mol. The molecular formula is C13H16O2S. The molecule has 0 saturated carbocycles. The Morgan fingerprint density at radius 3 is 2.62 bits per heavy atom. The van der Waals surface area contributed by atoms with Crippen molar-refractivity contribution in [3.8, 4) is 5.75 Å². The Balaban J connectivity index is 2.29. The van der Waals surface area contributed by atoms with Crippen LogP contribution < -0.4 is 4.74 Å². The molecule has 1 aromatic carbocycles. The topological polar surface area (TPSA) is 26.3 Å². The molecular weight excluding hydrogens is 220 g/mol. The lowest BCUT2D eigenvalue weighted by molar-refractivity contribution is -0.112. The molecule has 0 fully saturated rings. The summed E-state index contributed by atoms with van der Waals surface area (Å²) in [5.41, 5.74) is 0. The Hall–Kier alpha value is -1.22. The van der Waals surface area contributed by atoms with Crippen molar-refractivity contribution in [2.24, 2.45) is 0 Å². The third-order valence-electron chi connectivity index (χ3n) is 1.97. The molecule has 0 atom stereocenters. The van der Waals surface area contributed by atoms with Crippen LogP contribution in [-0.4, -0.2) is 18.6 Å². The molecule has 0 aliphatic heterocycles. The highest BCUT2D eigenvalue weighted by atomic mass is 32.2. The van der Waals surface area contributed by atoms with E-state index < -0.39 is 0 Å². The van der Waals surface area contributed by atoms with Gasteiger partial charge in [-0.05, 0) is 43.7 Å². The molecule has 2 nitrogen and oxygen atoms in total. The van der Waals surface area contributed by atoms with Crippen LogP contribution in [0.1, 0.15) is 13.3 Å². The van der Waals surface area contributed by atoms with E-state index >= 15 is 0 Å². The van der Waals surface area contributed by atoms with Gasteiger partial charge in [-0.2, -0.15) is 0 Å². The van der Waals surface area contributed by atoms with E-state index in [4.69, 9.17) is 4.74 Å². The van der Waals surface area contributed by atoms with Crippen LogP contribution in [0.3, 0.4) is 0 Å². The van der Waals surface area contributed by atoms with Gasteiger partial charge >= 0.3 is 0 Å². The second kappa shape index (κ2) is 7.12. The third-order valence-corrected chi connectivity index (χ3v) is 3.01. The van der Waals surface area contributed by atoms with Crippen LogP contribution in [0, 0.1) is 0 Å². The standard InChI is InChI=1S/C13H16O2S/c1-11(14)5-3-4-10-16-13-8-6-12(15-2)7-9-13/h3,5-9H,4,10H2,1-2H3/b5-3+. The highest BCUT2D eigenvalue weighted by molar-refractivity contribution is 7.99. The maximum absolute atomic E-state index is 10.6. The van der Waals surface area contributed by atoms with E-state index in [-0.39, 0.29) is 5.78 Å². The molecule has 0 N–H and O–H groups in total. The number of carbonyl (C=O) groups is 1. The normalized spacial score (nSPS) is 10.6. The van der Waals surface area contributed by atoms with Gasteiger partial charge in [0.2, 0.25) is 0 Å². The van der Waals surface area contributed by atoms with Crippen LogP contribution in [0.5, 0.6) is 5.75 Å². The SMILES string of the molecule is COc1ccc(SCC/C=C/C(C)=O)cc1. The first kappa shape index (κ1) is 12.8. The van der Waals surface area contributed by atoms with Crippen molar-refractivity contribution in [1.29, 1.82) is 0 Å². The molecule has 0 amide bonds. The zero-order chi connectivity index (χ0) is 11.8. The predicted octanol–water partition coefficient (Wildman–Crippen LogP) is 3.32. The fourth-order valence-corrected chi connectivity index (χ4v) is 1.98. The number of thioether (sulfide) groups is 1. The first-order valence-corrected chi connectivity index (χ1v) is 6.15. The van der Waals surface area contributed by atoms with Gasteiger partial charge in [-0.25, -0.2) is 0 Å². The minimum atomic E-state index is 0.106. The summed E-state index contributed by atoms with van der Waals surface area (Å²) in [5.74, 6) is 1.96. The van der Waals surface area contributed by atoms with Crippen molar-refractivity contribution in [1.82, 2.24) is 0 Å². The summed E-state index contributed by atoms with van der Waals surface area (Å²) in [7, 11) is 1.66. The van der Waals surface area contributed by atoms with Gasteiger partial charge < -0.3 is 4.74 Å². The van der Waals surface area contributed by atoms with E-state index in [0.717, 1.165) is 17.9 Å². The van der Waals surface area contributed by atoms with Crippen molar-refractivity contribution >= 4 is 17.5 Å². The largest absolute Gasteiger partial charge is 0.497 e. The van der Waals surface area contributed by atoms with Gasteiger partial charge in [0.1, 0.15) is 5.75 Å². The van der Waals surface area contributed by atoms with Crippen molar-refractivity contribution < 1.29 is 9.53 Å². The van der Waals surface area contributed by atoms with Crippen LogP contribution in [0.4, 0.5) is 0 Å². The van der Waals surface area contributed by atoms with Gasteiger partial charge in [0.05, 0.1) is 7.11 Å². The number of benzene rings is 1. The van der Waals surface area contributed by atoms with Gasteiger partial charge in [0.15, 0.2) is 5.78 Å². The number of allylic oxidation sites excluding steroid dienone is 2. The lowest BCUT2D eigenvalue weighted by Gasteiger charge is -2.01. The number of carbonyl (C=O) groups excluding carboxylic acids is 1. The summed E-state index contributed by atoms with van der Waals surface area (Å²) in [4.78, 5) is 11.9. The Morgan fingerprint density at radius 1 is 1.38 bits per heavy atom. The molecule has 0 bridgehead atoms. The van der Waals surface area contributed by atoms with Gasteiger partial charge in [0.25, 0.3) is 0 Å². The maximum atomic E-state index is 10.6. The minimum absolute atomic E-state index is 0.106. The molecule has 0 saturated heterocycles. The molecule has 0 aliphatic rings. The number of hydrogen-bond acceptors (Lipinski definition) is 3. The zero-order valence-corrected chi connectivity index (χ0v) is 10.4. The lowest BCUT2D eigenvalue weighted by atomic mass is 10.3. The Morgan fingerprint density at radius 2 is 2.06 bits per heavy atom. The molecule has 0 spiro atoms. The molecule has 0 aromatic heterocycles. The van der Waals surface area contributed by atoms with E-state index in [1.165, 1.54) is 4.90 Å². The van der Waals surface area contributed by atoms with Crippen LogP contribution in [0.2, 0.25) is 0 Å². The van der Waals surface area contributed by atoms with E-state index in [2.05, 4.69) is 0 Å². The number of hydrogen-bond donors (Lipinski definition) is 0. The molecule has 0 aliphatic carbocycles. The molecule has 1 aromatic rings. The van der Waals surface area contributed by atoms with Gasteiger partial charge in [-0.3, -0.25) is 4.79 Å². The number of rotatable bonds is 6. The maximum Gasteiger partial charge on any atom is 0.152 e. The monoisotopic (exact) mass is 236 g/mol. The summed E-state index contributed by atoms with van der Waals surface area (Å²) < 4.78 is 5.08. The molecule has 16 heavy (non-hydrogen) atoms. The second-order valence-electron chi connectivity index (χ2n) is 3.33. The highest BCUT2D eigenvalue weighted by Gasteiger charge is 1.94. The lowest BCUT2D eigenvalue weighted by Crippen LogP contribution is -1.83. The summed E-state index contributed by atoms with van der Waals surface area (Å²) >= 11 is 1.77. The fraction of sp³-hybridized carbons (Fsp3) is 0.308. The molecule has 0 heterocycles. The summed E-state index contributed by atoms with van der Waals surface area (Å²) in [6, 6.07) is 7.98. The minimum Gasteiger partial charge on any atom is -0.497 e. The Bertz CT molecular complexity index is 355. The van der Waals surface area contributed by atoms with Gasteiger partial charge in [0, 0.05) is 10.6 Å². The van der Waals surface area contributed by atoms with E-state index in [1.807, 2.05) is 30.3 Å². The number of ether oxygens (including phenoxy) is 1. The van der Waals surface area contributed by atoms with Crippen molar-refractivity contribution in [2.45, 2.75) is 18.2 Å². The number of ketones is 1. The van der Waals surface area contributed by atoms with E-state index in [1.54, 1.807) is 31.9 Å². The fourth-order valence-electron chi connectivity index (χ4n) is 1.17. The van der Waals surface area contributed by atoms with Crippen molar-refractivity contribution in [3.63, 3.8) is 0 Å². The summed E-state index contributed by atoms with van der Waals surface area (Å²) in [6.07, 6.45) is 4.45. The van der Waals surface area contributed by atoms with Gasteiger partial charge in [-0.15, -0.1) is 11.8 Å². The van der Waals surface area contributed by atoms with Crippen LogP contribution in [-0.2, 0) is 4.79 Å². The Labute approximate surface area is 101 Å². The molecule has 3 heteroatoms. The van der Waals surface area contributed by atoms with E-state index in [0.29, 0.717) is 0 Å². The quantitative estimate of drug-likeness (QED) is 0.430. The zero-order valence-electron chi connectivity index (χ0n) is 9.60. The van der Waals surface area contributed by atoms with E-state index in [9.17, 15) is 4.79 Å². The second-order valence-corrected chi connectivity index (χ2v) is 4.49. The molecule has 86 valence electrons. The highest BCUT2D eigenvalue weighted by Crippen LogP contribution is 2.21.